The summed E-state index contributed by atoms with van der Waals surface area (Å²) in [5.41, 5.74) is -0.948. The average molecular weight is 281 g/mol. The van der Waals surface area contributed by atoms with E-state index in [0.717, 1.165) is 0 Å². The molecular weight excluding hydrogens is 250 g/mol. The molecule has 4 heteroatoms. The molecule has 1 N–H and O–H groups in total. The van der Waals surface area contributed by atoms with E-state index in [9.17, 15) is 4.79 Å². The van der Waals surface area contributed by atoms with Crippen molar-refractivity contribution in [2.75, 3.05) is 0 Å². The Bertz CT molecular complexity index is 434. The minimum atomic E-state index is -0.428. The van der Waals surface area contributed by atoms with E-state index in [1.807, 2.05) is 20.8 Å². The van der Waals surface area contributed by atoms with Crippen LogP contribution in [-0.2, 0) is 4.79 Å². The van der Waals surface area contributed by atoms with E-state index in [0.29, 0.717) is 5.96 Å². The second kappa shape index (κ2) is 4.47. The van der Waals surface area contributed by atoms with Gasteiger partial charge in [0.1, 0.15) is 0 Å². The number of nitrogens with one attached hydrogen (secondary N) is 1. The predicted molar refractivity (Wildman–Crippen MR) is 84.8 cm³/mol. The number of aliphatic imine (C=N–C) groups is 1. The molecule has 0 fully saturated rings. The Morgan fingerprint density at radius 2 is 1.50 bits per heavy atom. The topological polar surface area (TPSA) is 44.7 Å². The van der Waals surface area contributed by atoms with Crippen molar-refractivity contribution in [3.63, 3.8) is 0 Å². The van der Waals surface area contributed by atoms with E-state index in [1.165, 1.54) is 0 Å². The third-order valence-corrected chi connectivity index (χ3v) is 4.23. The summed E-state index contributed by atoms with van der Waals surface area (Å²) in [5, 5.41) is 3.02. The molecule has 0 atom stereocenters. The van der Waals surface area contributed by atoms with E-state index in [-0.39, 0.29) is 22.5 Å². The van der Waals surface area contributed by atoms with Gasteiger partial charge in [0.05, 0.1) is 11.1 Å². The first-order valence-corrected chi connectivity index (χ1v) is 7.32. The van der Waals surface area contributed by atoms with Gasteiger partial charge in [-0.1, -0.05) is 20.8 Å². The maximum absolute atomic E-state index is 12.3. The van der Waals surface area contributed by atoms with Crippen molar-refractivity contribution in [3.05, 3.63) is 0 Å². The molecule has 1 heterocycles. The molecule has 0 aromatic heterocycles. The van der Waals surface area contributed by atoms with E-state index in [2.05, 4.69) is 58.7 Å². The van der Waals surface area contributed by atoms with Crippen LogP contribution >= 0.6 is 0 Å². The average Bonchev–Trinajstić information content (AvgIpc) is 2.28. The number of amides is 1. The van der Waals surface area contributed by atoms with Gasteiger partial charge in [0.25, 0.3) is 0 Å². The zero-order valence-electron chi connectivity index (χ0n) is 14.8. The molecule has 0 bridgehead atoms. The van der Waals surface area contributed by atoms with Crippen molar-refractivity contribution >= 4 is 11.9 Å². The number of guanidine groups is 1. The third kappa shape index (κ3) is 2.84. The standard InChI is InChI=1S/C16H31N3O/c1-13(2,3)11(20)17-12-18-15(7,8)16(9,10)19(12)14(4,5)6/h1-10H3,(H,17,18,20). The smallest absolute Gasteiger partial charge is 0.232 e. The number of nitrogens with zero attached hydrogens (tertiary/aromatic N) is 2. The molecule has 0 aromatic carbocycles. The first-order valence-electron chi connectivity index (χ1n) is 7.32. The first-order chi connectivity index (χ1) is 8.61. The number of rotatable bonds is 0. The lowest BCUT2D eigenvalue weighted by Gasteiger charge is -2.48. The van der Waals surface area contributed by atoms with Crippen LogP contribution in [0.4, 0.5) is 0 Å². The van der Waals surface area contributed by atoms with Gasteiger partial charge >= 0.3 is 0 Å². The van der Waals surface area contributed by atoms with E-state index in [1.54, 1.807) is 0 Å². The largest absolute Gasteiger partial charge is 0.330 e. The van der Waals surface area contributed by atoms with Gasteiger partial charge in [-0.3, -0.25) is 10.1 Å². The predicted octanol–water partition coefficient (Wildman–Crippen LogP) is 3.18. The Morgan fingerprint density at radius 1 is 1.05 bits per heavy atom. The van der Waals surface area contributed by atoms with Crippen molar-refractivity contribution < 1.29 is 4.79 Å². The van der Waals surface area contributed by atoms with E-state index >= 15 is 0 Å². The molecule has 1 amide bonds. The molecule has 0 aliphatic carbocycles. The third-order valence-electron chi connectivity index (χ3n) is 4.23. The zero-order chi connectivity index (χ0) is 16.1. The molecule has 116 valence electrons. The number of hydrogen-bond donors (Lipinski definition) is 1. The van der Waals surface area contributed by atoms with Crippen LogP contribution in [0.1, 0.15) is 69.2 Å². The fourth-order valence-corrected chi connectivity index (χ4v) is 2.52. The molecule has 20 heavy (non-hydrogen) atoms. The lowest BCUT2D eigenvalue weighted by atomic mass is 9.81. The summed E-state index contributed by atoms with van der Waals surface area (Å²) >= 11 is 0. The Morgan fingerprint density at radius 3 is 1.85 bits per heavy atom. The highest BCUT2D eigenvalue weighted by Gasteiger charge is 2.53. The fraction of sp³-hybridized carbons (Fsp3) is 0.875. The quantitative estimate of drug-likeness (QED) is 0.741. The minimum absolute atomic E-state index is 0.000926. The van der Waals surface area contributed by atoms with Crippen LogP contribution in [0.3, 0.4) is 0 Å². The van der Waals surface area contributed by atoms with Crippen LogP contribution in [0, 0.1) is 5.41 Å². The minimum Gasteiger partial charge on any atom is -0.330 e. The number of hydrogen-bond acceptors (Lipinski definition) is 3. The van der Waals surface area contributed by atoms with Gasteiger partial charge in [0, 0.05) is 11.0 Å². The molecular formula is C16H31N3O. The maximum Gasteiger partial charge on any atom is 0.232 e. The number of carbonyl (C=O) groups is 1. The lowest BCUT2D eigenvalue weighted by Crippen LogP contribution is -2.62. The van der Waals surface area contributed by atoms with Crippen LogP contribution in [0.15, 0.2) is 4.99 Å². The van der Waals surface area contributed by atoms with E-state index in [4.69, 9.17) is 4.99 Å². The maximum atomic E-state index is 12.3. The zero-order valence-corrected chi connectivity index (χ0v) is 14.8. The second-order valence-corrected chi connectivity index (χ2v) is 8.76. The van der Waals surface area contributed by atoms with Gasteiger partial charge in [-0.2, -0.15) is 0 Å². The lowest BCUT2D eigenvalue weighted by molar-refractivity contribution is -0.127. The summed E-state index contributed by atoms with van der Waals surface area (Å²) in [5.74, 6) is 0.687. The van der Waals surface area contributed by atoms with Crippen LogP contribution in [0.2, 0.25) is 0 Å². The SMILES string of the molecule is CC(C)(C)C(=O)NC1=NC(C)(C)C(C)(C)N1C(C)(C)C. The van der Waals surface area contributed by atoms with E-state index < -0.39 is 5.41 Å². The molecule has 0 saturated heterocycles. The van der Waals surface area contributed by atoms with Crippen molar-refractivity contribution in [1.82, 2.24) is 10.2 Å². The van der Waals surface area contributed by atoms with Gasteiger partial charge in [0.2, 0.25) is 11.9 Å². The fourth-order valence-electron chi connectivity index (χ4n) is 2.52. The van der Waals surface area contributed by atoms with Crippen LogP contribution in [0.5, 0.6) is 0 Å². The molecule has 0 aromatic rings. The van der Waals surface area contributed by atoms with Gasteiger partial charge < -0.3 is 4.90 Å². The normalized spacial score (nSPS) is 21.7. The second-order valence-electron chi connectivity index (χ2n) is 8.76. The Hall–Kier alpha value is -1.06. The van der Waals surface area contributed by atoms with Gasteiger partial charge in [0.15, 0.2) is 0 Å². The highest BCUT2D eigenvalue weighted by Crippen LogP contribution is 2.41. The molecule has 0 unspecified atom stereocenters. The highest BCUT2D eigenvalue weighted by atomic mass is 16.2. The summed E-state index contributed by atoms with van der Waals surface area (Å²) in [6, 6.07) is 0. The Kier molecular flexibility index (Phi) is 3.80. The van der Waals surface area contributed by atoms with Crippen LogP contribution in [0.25, 0.3) is 0 Å². The van der Waals surface area contributed by atoms with Gasteiger partial charge in [-0.25, -0.2) is 4.99 Å². The van der Waals surface area contributed by atoms with Crippen LogP contribution < -0.4 is 5.32 Å². The van der Waals surface area contributed by atoms with Gasteiger partial charge in [-0.15, -0.1) is 0 Å². The summed E-state index contributed by atoms with van der Waals surface area (Å²) in [7, 11) is 0. The molecule has 1 rings (SSSR count). The molecule has 0 spiro atoms. The summed E-state index contributed by atoms with van der Waals surface area (Å²) in [4.78, 5) is 19.3. The van der Waals surface area contributed by atoms with Crippen molar-refractivity contribution in [1.29, 1.82) is 0 Å². The summed E-state index contributed by atoms with van der Waals surface area (Å²) in [6.45, 7) is 20.8. The Labute approximate surface area is 124 Å². The summed E-state index contributed by atoms with van der Waals surface area (Å²) in [6.07, 6.45) is 0. The van der Waals surface area contributed by atoms with Crippen molar-refractivity contribution in [2.24, 2.45) is 10.4 Å². The Balaban J connectivity index is 3.20. The molecule has 1 aliphatic heterocycles. The molecule has 0 radical (unpaired) electrons. The first kappa shape index (κ1) is 17.0. The van der Waals surface area contributed by atoms with Crippen LogP contribution in [-0.4, -0.2) is 33.4 Å². The van der Waals surface area contributed by atoms with Crippen molar-refractivity contribution in [3.8, 4) is 0 Å². The van der Waals surface area contributed by atoms with Gasteiger partial charge in [-0.05, 0) is 48.5 Å². The summed E-state index contributed by atoms with van der Waals surface area (Å²) < 4.78 is 0. The number of carbonyl (C=O) groups excluding carboxylic acids is 1. The molecule has 4 nitrogen and oxygen atoms in total. The molecule has 1 aliphatic rings. The van der Waals surface area contributed by atoms with Crippen molar-refractivity contribution in [2.45, 2.75) is 85.9 Å². The highest BCUT2D eigenvalue weighted by molar-refractivity contribution is 6.00. The monoisotopic (exact) mass is 281 g/mol. The molecule has 0 saturated carbocycles.